The molecular formula is C18H28FIN4O3. The number of carbonyl (C=O) groups excluding carboxylic acids is 1. The smallest absolute Gasteiger partial charge is 0.239 e. The van der Waals surface area contributed by atoms with Gasteiger partial charge in [-0.05, 0) is 44.9 Å². The molecule has 1 heterocycles. The number of hydrogen-bond donors (Lipinski definition) is 3. The van der Waals surface area contributed by atoms with Crippen molar-refractivity contribution in [3.63, 3.8) is 0 Å². The van der Waals surface area contributed by atoms with Crippen molar-refractivity contribution < 1.29 is 18.7 Å². The van der Waals surface area contributed by atoms with Crippen LogP contribution in [0.4, 0.5) is 4.39 Å². The second-order valence-electron chi connectivity index (χ2n) is 7.06. The van der Waals surface area contributed by atoms with E-state index in [1.165, 1.54) is 12.1 Å². The molecule has 2 rings (SSSR count). The van der Waals surface area contributed by atoms with E-state index in [9.17, 15) is 9.18 Å². The maximum absolute atomic E-state index is 13.7. The predicted molar refractivity (Wildman–Crippen MR) is 113 cm³/mol. The summed E-state index contributed by atoms with van der Waals surface area (Å²) in [4.78, 5) is 15.9. The minimum Gasteiger partial charge on any atom is -0.467 e. The minimum absolute atomic E-state index is 0. The van der Waals surface area contributed by atoms with Crippen LogP contribution >= 0.6 is 24.0 Å². The van der Waals surface area contributed by atoms with Crippen molar-refractivity contribution in [2.24, 2.45) is 4.99 Å². The summed E-state index contributed by atoms with van der Waals surface area (Å²) in [6.07, 6.45) is 0.551. The van der Waals surface area contributed by atoms with Crippen LogP contribution in [0, 0.1) is 5.82 Å². The zero-order valence-corrected chi connectivity index (χ0v) is 18.5. The number of fused-ring (bicyclic) bond motifs is 1. The van der Waals surface area contributed by atoms with E-state index >= 15 is 0 Å². The summed E-state index contributed by atoms with van der Waals surface area (Å²) >= 11 is 0. The monoisotopic (exact) mass is 494 g/mol. The fourth-order valence-corrected chi connectivity index (χ4v) is 2.61. The Bertz CT molecular complexity index is 677. The van der Waals surface area contributed by atoms with Crippen molar-refractivity contribution >= 4 is 35.8 Å². The minimum atomic E-state index is -0.311. The average Bonchev–Trinajstić information content (AvgIpc) is 2.56. The Morgan fingerprint density at radius 2 is 2.04 bits per heavy atom. The first kappa shape index (κ1) is 23.4. The number of benzene rings is 1. The van der Waals surface area contributed by atoms with Gasteiger partial charge in [0.1, 0.15) is 11.6 Å². The van der Waals surface area contributed by atoms with Gasteiger partial charge in [-0.3, -0.25) is 9.79 Å². The summed E-state index contributed by atoms with van der Waals surface area (Å²) in [5.41, 5.74) is 1.21. The topological polar surface area (TPSA) is 84.0 Å². The van der Waals surface area contributed by atoms with Crippen molar-refractivity contribution in [2.45, 2.75) is 39.3 Å². The molecule has 152 valence electrons. The first-order valence-electron chi connectivity index (χ1n) is 8.56. The molecule has 9 heteroatoms. The van der Waals surface area contributed by atoms with E-state index in [-0.39, 0.29) is 54.6 Å². The molecular weight excluding hydrogens is 466 g/mol. The number of hydrogen-bond acceptors (Lipinski definition) is 4. The maximum Gasteiger partial charge on any atom is 0.239 e. The van der Waals surface area contributed by atoms with Crippen LogP contribution in [0.2, 0.25) is 0 Å². The largest absolute Gasteiger partial charge is 0.467 e. The molecule has 0 spiro atoms. The van der Waals surface area contributed by atoms with E-state index in [1.807, 2.05) is 20.8 Å². The van der Waals surface area contributed by atoms with E-state index in [4.69, 9.17) is 9.47 Å². The molecule has 1 aromatic rings. The Balaban J connectivity index is 0.00000364. The molecule has 3 N–H and O–H groups in total. The van der Waals surface area contributed by atoms with Gasteiger partial charge in [-0.2, -0.15) is 0 Å². The lowest BCUT2D eigenvalue weighted by molar-refractivity contribution is -0.121. The van der Waals surface area contributed by atoms with Crippen molar-refractivity contribution in [2.75, 3.05) is 26.9 Å². The number of halogens is 2. The highest BCUT2D eigenvalue weighted by molar-refractivity contribution is 14.0. The zero-order chi connectivity index (χ0) is 19.2. The Morgan fingerprint density at radius 1 is 1.30 bits per heavy atom. The second kappa shape index (κ2) is 10.6. The summed E-state index contributed by atoms with van der Waals surface area (Å²) in [5, 5.41) is 8.93. The number of nitrogens with zero attached hydrogens (tertiary/aromatic N) is 1. The second-order valence-corrected chi connectivity index (χ2v) is 7.06. The number of aliphatic imine (C=N–C) groups is 1. The van der Waals surface area contributed by atoms with Gasteiger partial charge in [0.2, 0.25) is 5.91 Å². The number of amides is 1. The van der Waals surface area contributed by atoms with Gasteiger partial charge in [0, 0.05) is 24.7 Å². The molecule has 1 aromatic carbocycles. The van der Waals surface area contributed by atoms with Gasteiger partial charge < -0.3 is 25.4 Å². The molecule has 1 aliphatic rings. The van der Waals surface area contributed by atoms with Gasteiger partial charge in [0.15, 0.2) is 12.8 Å². The molecule has 0 radical (unpaired) electrons. The van der Waals surface area contributed by atoms with Crippen LogP contribution in [0.1, 0.15) is 31.9 Å². The lowest BCUT2D eigenvalue weighted by Gasteiger charge is -2.22. The third kappa shape index (κ3) is 7.87. The molecule has 0 bridgehead atoms. The molecule has 1 aliphatic heterocycles. The van der Waals surface area contributed by atoms with Crippen LogP contribution in [0.15, 0.2) is 17.1 Å². The Hall–Kier alpha value is -1.62. The Labute approximate surface area is 176 Å². The van der Waals surface area contributed by atoms with Crippen molar-refractivity contribution in [1.29, 1.82) is 0 Å². The average molecular weight is 494 g/mol. The highest BCUT2D eigenvalue weighted by Crippen LogP contribution is 2.29. The van der Waals surface area contributed by atoms with Gasteiger partial charge >= 0.3 is 0 Å². The van der Waals surface area contributed by atoms with Gasteiger partial charge in [-0.25, -0.2) is 4.39 Å². The third-order valence-corrected chi connectivity index (χ3v) is 3.59. The Morgan fingerprint density at radius 3 is 2.70 bits per heavy atom. The molecule has 0 aliphatic carbocycles. The van der Waals surface area contributed by atoms with Gasteiger partial charge in [0.25, 0.3) is 0 Å². The first-order valence-corrected chi connectivity index (χ1v) is 8.56. The highest BCUT2D eigenvalue weighted by atomic mass is 127. The van der Waals surface area contributed by atoms with E-state index in [1.54, 1.807) is 7.05 Å². The fraction of sp³-hybridized carbons (Fsp3) is 0.556. The van der Waals surface area contributed by atoms with Gasteiger partial charge in [-0.15, -0.1) is 24.0 Å². The third-order valence-electron chi connectivity index (χ3n) is 3.59. The number of ether oxygens (including phenoxy) is 2. The molecule has 1 amide bonds. The molecule has 0 saturated carbocycles. The molecule has 27 heavy (non-hydrogen) atoms. The van der Waals surface area contributed by atoms with E-state index in [0.717, 1.165) is 5.56 Å². The molecule has 0 aromatic heterocycles. The first-order chi connectivity index (χ1) is 12.3. The molecule has 0 saturated heterocycles. The van der Waals surface area contributed by atoms with Gasteiger partial charge in [-0.1, -0.05) is 0 Å². The number of guanidine groups is 1. The lowest BCUT2D eigenvalue weighted by Crippen LogP contribution is -2.48. The number of carbonyl (C=O) groups is 1. The van der Waals surface area contributed by atoms with Crippen LogP contribution in [0.25, 0.3) is 0 Å². The summed E-state index contributed by atoms with van der Waals surface area (Å²) < 4.78 is 24.4. The molecule has 0 unspecified atom stereocenters. The van der Waals surface area contributed by atoms with E-state index in [0.29, 0.717) is 36.8 Å². The molecule has 7 nitrogen and oxygen atoms in total. The summed E-state index contributed by atoms with van der Waals surface area (Å²) in [7, 11) is 1.63. The lowest BCUT2D eigenvalue weighted by atomic mass is 10.1. The van der Waals surface area contributed by atoms with Crippen molar-refractivity contribution in [1.82, 2.24) is 16.0 Å². The standard InChI is InChI=1S/C18H27FN4O3.HI/c1-18(2,3)23-15(24)9-22-17(20-4)21-6-5-12-7-14(19)8-13-10-25-11-26-16(12)13;/h7-8H,5-6,9-11H2,1-4H3,(H,23,24)(H2,20,21,22);1H. The van der Waals surface area contributed by atoms with Crippen molar-refractivity contribution in [3.05, 3.63) is 29.1 Å². The maximum atomic E-state index is 13.7. The van der Waals surface area contributed by atoms with Crippen LogP contribution < -0.4 is 20.7 Å². The van der Waals surface area contributed by atoms with Crippen molar-refractivity contribution in [3.8, 4) is 5.75 Å². The van der Waals surface area contributed by atoms with Gasteiger partial charge in [0.05, 0.1) is 13.2 Å². The quantitative estimate of drug-likeness (QED) is 0.331. The van der Waals surface area contributed by atoms with Crippen LogP contribution in [-0.2, 0) is 22.6 Å². The normalized spacial score (nSPS) is 13.7. The fourth-order valence-electron chi connectivity index (χ4n) is 2.61. The van der Waals surface area contributed by atoms with Crippen LogP contribution in [0.3, 0.4) is 0 Å². The van der Waals surface area contributed by atoms with Crippen LogP contribution in [-0.4, -0.2) is 44.3 Å². The summed E-state index contributed by atoms with van der Waals surface area (Å²) in [5.74, 6) is 0.762. The highest BCUT2D eigenvalue weighted by Gasteiger charge is 2.17. The molecule has 0 fully saturated rings. The Kier molecular flexibility index (Phi) is 9.23. The summed E-state index contributed by atoms with van der Waals surface area (Å²) in [6.45, 7) is 6.92. The van der Waals surface area contributed by atoms with Crippen LogP contribution in [0.5, 0.6) is 5.75 Å². The predicted octanol–water partition coefficient (Wildman–Crippen LogP) is 1.93. The summed E-state index contributed by atoms with van der Waals surface area (Å²) in [6, 6.07) is 2.90. The zero-order valence-electron chi connectivity index (χ0n) is 16.1. The number of rotatable bonds is 5. The van der Waals surface area contributed by atoms with E-state index in [2.05, 4.69) is 20.9 Å². The SMILES string of the molecule is CN=C(NCCc1cc(F)cc2c1OCOC2)NCC(=O)NC(C)(C)C.I. The number of nitrogens with one attached hydrogen (secondary N) is 3. The van der Waals surface area contributed by atoms with E-state index < -0.39 is 0 Å². The molecule has 0 atom stereocenters.